The molecule has 0 aliphatic heterocycles. The van der Waals surface area contributed by atoms with Crippen molar-refractivity contribution in [1.29, 1.82) is 0 Å². The number of hydrogen-bond acceptors (Lipinski definition) is 8. The molecule has 63 heavy (non-hydrogen) atoms. The van der Waals surface area contributed by atoms with Gasteiger partial charge in [0.25, 0.3) is 0 Å². The highest BCUT2D eigenvalue weighted by Gasteiger charge is 2.27. The molecule has 0 heterocycles. The van der Waals surface area contributed by atoms with Gasteiger partial charge in [0.1, 0.15) is 19.8 Å². The third-order valence-electron chi connectivity index (χ3n) is 8.77. The number of unbranched alkanes of at least 4 members (excludes halogenated alkanes) is 3. The number of carbonyl (C=O) groups is 2. The van der Waals surface area contributed by atoms with Crippen molar-refractivity contribution in [1.82, 2.24) is 0 Å². The molecule has 0 spiro atoms. The molecule has 11 heteroatoms. The van der Waals surface area contributed by atoms with Gasteiger partial charge in [-0.3, -0.25) is 18.6 Å². The molecule has 354 valence electrons. The maximum Gasteiger partial charge on any atom is 0.472 e. The zero-order valence-electron chi connectivity index (χ0n) is 39.4. The van der Waals surface area contributed by atoms with Gasteiger partial charge in [-0.25, -0.2) is 4.57 Å². The quantitative estimate of drug-likeness (QED) is 0.0155. The van der Waals surface area contributed by atoms with Crippen molar-refractivity contribution in [3.05, 3.63) is 134 Å². The standard InChI is InChI=1S/C52H82NO9P/c1-6-8-10-12-14-15-16-17-18-19-20-21-22-23-24-29-32-36-40-44-52(56)62-50(48-61-63(57,58)60-46-45-53(3,4)5)47-59-51(55)43-39-35-31-28-26-25-27-30-34-38-42-49(54)41-37-33-13-11-9-7-2/h8-11,14-15,17-18,20-21,23-26,30-31,33-35,37-38,42,49-50,54H,6-7,12-13,16,19,22,27-29,32,36,39-41,43-48H2,1-5H3/p+1/b10-8-,11-9-,15-14-,18-17-,21-20-,24-23-,26-25-,34-30-,35-31-,37-33-,42-38+/t49?,50-/m1/s1. The molecule has 0 amide bonds. The Morgan fingerprint density at radius 1 is 0.571 bits per heavy atom. The molecular formula is C52H83NO9P+. The number of rotatable bonds is 39. The zero-order chi connectivity index (χ0) is 46.5. The average Bonchev–Trinajstić information content (AvgIpc) is 3.23. The molecule has 0 saturated heterocycles. The van der Waals surface area contributed by atoms with Gasteiger partial charge in [-0.1, -0.05) is 154 Å². The molecule has 2 N–H and O–H groups in total. The van der Waals surface area contributed by atoms with Gasteiger partial charge in [-0.15, -0.1) is 0 Å². The number of phosphoric acid groups is 1. The molecular weight excluding hydrogens is 814 g/mol. The van der Waals surface area contributed by atoms with Crippen molar-refractivity contribution < 1.29 is 47.2 Å². The number of phosphoric ester groups is 1. The first kappa shape index (κ1) is 59.1. The van der Waals surface area contributed by atoms with Crippen molar-refractivity contribution in [2.24, 2.45) is 0 Å². The Balaban J connectivity index is 4.60. The lowest BCUT2D eigenvalue weighted by molar-refractivity contribution is -0.870. The fourth-order valence-corrected chi connectivity index (χ4v) is 5.95. The summed E-state index contributed by atoms with van der Waals surface area (Å²) in [6.07, 6.45) is 56.9. The van der Waals surface area contributed by atoms with Crippen LogP contribution in [-0.4, -0.2) is 86.1 Å². The van der Waals surface area contributed by atoms with Crippen LogP contribution in [0.4, 0.5) is 0 Å². The molecule has 0 bridgehead atoms. The Kier molecular flexibility index (Phi) is 39.5. The summed E-state index contributed by atoms with van der Waals surface area (Å²) in [7, 11) is 1.36. The molecule has 0 fully saturated rings. The van der Waals surface area contributed by atoms with E-state index in [1.54, 1.807) is 6.08 Å². The highest BCUT2D eigenvalue weighted by Crippen LogP contribution is 2.43. The maximum atomic E-state index is 12.7. The van der Waals surface area contributed by atoms with Crippen molar-refractivity contribution in [2.45, 2.75) is 135 Å². The highest BCUT2D eigenvalue weighted by molar-refractivity contribution is 7.47. The monoisotopic (exact) mass is 897 g/mol. The van der Waals surface area contributed by atoms with E-state index in [1.165, 1.54) is 0 Å². The molecule has 0 aliphatic carbocycles. The van der Waals surface area contributed by atoms with E-state index in [0.717, 1.165) is 70.6 Å². The summed E-state index contributed by atoms with van der Waals surface area (Å²) in [5, 5.41) is 10.0. The van der Waals surface area contributed by atoms with Crippen LogP contribution in [0.15, 0.2) is 134 Å². The Morgan fingerprint density at radius 2 is 1.08 bits per heavy atom. The Hall–Kier alpha value is -3.89. The predicted octanol–water partition coefficient (Wildman–Crippen LogP) is 12.4. The second kappa shape index (κ2) is 42.1. The van der Waals surface area contributed by atoms with E-state index in [9.17, 15) is 24.2 Å². The van der Waals surface area contributed by atoms with Crippen molar-refractivity contribution in [2.75, 3.05) is 47.5 Å². The van der Waals surface area contributed by atoms with Crippen LogP contribution in [0.5, 0.6) is 0 Å². The number of ether oxygens (including phenoxy) is 2. The highest BCUT2D eigenvalue weighted by atomic mass is 31.2. The van der Waals surface area contributed by atoms with Gasteiger partial charge >= 0.3 is 19.8 Å². The van der Waals surface area contributed by atoms with Gasteiger partial charge < -0.3 is 24.0 Å². The summed E-state index contributed by atoms with van der Waals surface area (Å²) in [5.41, 5.74) is 0. The SMILES string of the molecule is CC/C=C\C/C=C\C/C=C\C/C=C\C/C=C\CCCCCC(=O)O[C@H](COC(=O)CC/C=C\C/C=C\C/C=C\C=C\C(O)C/C=C\C/C=C\CC)COP(=O)(O)OCC[N+](C)(C)C. The lowest BCUT2D eigenvalue weighted by Crippen LogP contribution is -2.37. The number of aliphatic hydroxyl groups is 1. The van der Waals surface area contributed by atoms with E-state index < -0.39 is 38.6 Å². The summed E-state index contributed by atoms with van der Waals surface area (Å²) in [5.74, 6) is -0.981. The minimum atomic E-state index is -4.43. The second-order valence-electron chi connectivity index (χ2n) is 15.9. The topological polar surface area (TPSA) is 129 Å². The lowest BCUT2D eigenvalue weighted by Gasteiger charge is -2.24. The summed E-state index contributed by atoms with van der Waals surface area (Å²) in [6.45, 7) is 3.95. The van der Waals surface area contributed by atoms with Crippen molar-refractivity contribution in [3.8, 4) is 0 Å². The molecule has 0 aliphatic rings. The minimum Gasteiger partial charge on any atom is -0.462 e. The number of hydrogen-bond donors (Lipinski definition) is 2. The molecule has 2 unspecified atom stereocenters. The van der Waals surface area contributed by atoms with E-state index in [0.29, 0.717) is 36.7 Å². The van der Waals surface area contributed by atoms with Crippen molar-refractivity contribution in [3.63, 3.8) is 0 Å². The van der Waals surface area contributed by atoms with Crippen LogP contribution in [0.1, 0.15) is 123 Å². The molecule has 0 saturated carbocycles. The third kappa shape index (κ3) is 45.9. The summed E-state index contributed by atoms with van der Waals surface area (Å²) < 4.78 is 34.2. The number of nitrogens with zero attached hydrogens (tertiary/aromatic N) is 1. The van der Waals surface area contributed by atoms with Gasteiger partial charge in [-0.2, -0.15) is 0 Å². The van der Waals surface area contributed by atoms with Crippen LogP contribution >= 0.6 is 7.82 Å². The third-order valence-corrected chi connectivity index (χ3v) is 9.75. The number of carbonyl (C=O) groups excluding carboxylic acids is 2. The van der Waals surface area contributed by atoms with Gasteiger partial charge in [-0.05, 0) is 89.9 Å². The summed E-state index contributed by atoms with van der Waals surface area (Å²) >= 11 is 0. The second-order valence-corrected chi connectivity index (χ2v) is 17.3. The van der Waals surface area contributed by atoms with Gasteiger partial charge in [0, 0.05) is 12.8 Å². The van der Waals surface area contributed by atoms with E-state index in [1.807, 2.05) is 69.8 Å². The van der Waals surface area contributed by atoms with Crippen LogP contribution in [-0.2, 0) is 32.7 Å². The Labute approximate surface area is 382 Å². The summed E-state index contributed by atoms with van der Waals surface area (Å²) in [4.78, 5) is 35.4. The number of esters is 2. The van der Waals surface area contributed by atoms with Crippen molar-refractivity contribution >= 4 is 19.8 Å². The van der Waals surface area contributed by atoms with Gasteiger partial charge in [0.2, 0.25) is 0 Å². The first-order valence-electron chi connectivity index (χ1n) is 23.0. The molecule has 0 aromatic rings. The lowest BCUT2D eigenvalue weighted by atomic mass is 10.1. The van der Waals surface area contributed by atoms with Crippen LogP contribution in [0.2, 0.25) is 0 Å². The smallest absolute Gasteiger partial charge is 0.462 e. The normalized spacial score (nSPS) is 15.2. The van der Waals surface area contributed by atoms with E-state index in [2.05, 4.69) is 92.8 Å². The molecule has 0 radical (unpaired) electrons. The fraction of sp³-hybridized carbons (Fsp3) is 0.538. The molecule has 0 rings (SSSR count). The largest absolute Gasteiger partial charge is 0.472 e. The number of likely N-dealkylation sites (N-methyl/N-ethyl adjacent to an activating group) is 1. The Bertz CT molecular complexity index is 1540. The molecule has 0 aromatic heterocycles. The predicted molar refractivity (Wildman–Crippen MR) is 262 cm³/mol. The van der Waals surface area contributed by atoms with Crippen LogP contribution in [0.3, 0.4) is 0 Å². The van der Waals surface area contributed by atoms with Crippen LogP contribution in [0, 0.1) is 0 Å². The number of allylic oxidation sites excluding steroid dienone is 20. The number of aliphatic hydroxyl groups excluding tert-OH is 1. The van der Waals surface area contributed by atoms with Crippen LogP contribution in [0.25, 0.3) is 0 Å². The maximum absolute atomic E-state index is 12.7. The molecule has 0 aromatic carbocycles. The summed E-state index contributed by atoms with van der Waals surface area (Å²) in [6, 6.07) is 0. The fourth-order valence-electron chi connectivity index (χ4n) is 5.21. The molecule has 3 atom stereocenters. The van der Waals surface area contributed by atoms with Gasteiger partial charge in [0.15, 0.2) is 6.10 Å². The first-order chi connectivity index (χ1) is 30.4. The molecule has 10 nitrogen and oxygen atoms in total. The van der Waals surface area contributed by atoms with Gasteiger partial charge in [0.05, 0.1) is 33.9 Å². The zero-order valence-corrected chi connectivity index (χ0v) is 40.2. The number of quaternary nitrogens is 1. The van der Waals surface area contributed by atoms with Crippen LogP contribution < -0.4 is 0 Å². The average molecular weight is 897 g/mol. The first-order valence-corrected chi connectivity index (χ1v) is 24.5. The van der Waals surface area contributed by atoms with E-state index >= 15 is 0 Å². The minimum absolute atomic E-state index is 0.00348. The van der Waals surface area contributed by atoms with E-state index in [-0.39, 0.29) is 26.1 Å². The Morgan fingerprint density at radius 3 is 1.63 bits per heavy atom. The van der Waals surface area contributed by atoms with E-state index in [4.69, 9.17) is 18.5 Å².